The van der Waals surface area contributed by atoms with E-state index in [1.165, 1.54) is 18.2 Å². The van der Waals surface area contributed by atoms with Crippen LogP contribution in [0.4, 0.5) is 13.2 Å². The first-order valence-corrected chi connectivity index (χ1v) is 6.06. The van der Waals surface area contributed by atoms with Crippen LogP contribution in [0, 0.1) is 17.5 Å². The van der Waals surface area contributed by atoms with E-state index in [0.29, 0.717) is 12.1 Å². The molecule has 1 N–H and O–H groups in total. The molecule has 0 aromatic heterocycles. The molecule has 3 nitrogen and oxygen atoms in total. The number of benzene rings is 2. The van der Waals surface area contributed by atoms with Crippen molar-refractivity contribution in [2.24, 2.45) is 0 Å². The molecule has 0 aliphatic carbocycles. The fourth-order valence-corrected chi connectivity index (χ4v) is 1.83. The molecule has 0 atom stereocenters. The number of ether oxygens (including phenoxy) is 1. The quantitative estimate of drug-likeness (QED) is 0.926. The van der Waals surface area contributed by atoms with Gasteiger partial charge >= 0.3 is 5.97 Å². The first kappa shape index (κ1) is 15.2. The summed E-state index contributed by atoms with van der Waals surface area (Å²) in [7, 11) is 0. The van der Waals surface area contributed by atoms with Crippen LogP contribution in [0.15, 0.2) is 30.3 Å². The number of carbonyl (C=O) groups is 1. The molecule has 0 heterocycles. The summed E-state index contributed by atoms with van der Waals surface area (Å²) >= 11 is 5.57. The Labute approximate surface area is 122 Å². The van der Waals surface area contributed by atoms with E-state index in [2.05, 4.69) is 0 Å². The standard InChI is InChI=1S/C14H8ClF3O3/c15-9-3-1-2-7(12(9)18)6-21-13-10(16)4-8(14(19)20)5-11(13)17/h1-5H,6H2,(H,19,20). The zero-order valence-electron chi connectivity index (χ0n) is 10.4. The Morgan fingerprint density at radius 3 is 2.38 bits per heavy atom. The predicted molar refractivity (Wildman–Crippen MR) is 69.1 cm³/mol. The van der Waals surface area contributed by atoms with Crippen LogP contribution in [0.2, 0.25) is 5.02 Å². The lowest BCUT2D eigenvalue weighted by Crippen LogP contribution is -2.05. The molecule has 0 unspecified atom stereocenters. The molecule has 0 aliphatic rings. The monoisotopic (exact) mass is 316 g/mol. The zero-order chi connectivity index (χ0) is 15.6. The summed E-state index contributed by atoms with van der Waals surface area (Å²) in [6.07, 6.45) is 0. The lowest BCUT2D eigenvalue weighted by molar-refractivity contribution is 0.0695. The number of halogens is 4. The van der Waals surface area contributed by atoms with Crippen LogP contribution in [-0.4, -0.2) is 11.1 Å². The maximum Gasteiger partial charge on any atom is 0.335 e. The summed E-state index contributed by atoms with van der Waals surface area (Å²) in [4.78, 5) is 10.6. The fraction of sp³-hybridized carbons (Fsp3) is 0.0714. The van der Waals surface area contributed by atoms with E-state index in [9.17, 15) is 18.0 Å². The molecule has 0 fully saturated rings. The van der Waals surface area contributed by atoms with E-state index in [0.717, 1.165) is 0 Å². The number of rotatable bonds is 4. The molecule has 2 rings (SSSR count). The summed E-state index contributed by atoms with van der Waals surface area (Å²) in [6, 6.07) is 5.38. The van der Waals surface area contributed by atoms with Crippen molar-refractivity contribution < 1.29 is 27.8 Å². The fourth-order valence-electron chi connectivity index (χ4n) is 1.63. The van der Waals surface area contributed by atoms with Gasteiger partial charge in [-0.1, -0.05) is 23.7 Å². The van der Waals surface area contributed by atoms with Gasteiger partial charge in [-0.3, -0.25) is 0 Å². The summed E-state index contributed by atoms with van der Waals surface area (Å²) in [6.45, 7) is -0.452. The van der Waals surface area contributed by atoms with Crippen molar-refractivity contribution in [1.82, 2.24) is 0 Å². The summed E-state index contributed by atoms with van der Waals surface area (Å²) in [5, 5.41) is 8.52. The minimum Gasteiger partial charge on any atom is -0.483 e. The summed E-state index contributed by atoms with van der Waals surface area (Å²) < 4.78 is 45.7. The Hall–Kier alpha value is -2.21. The molecule has 0 radical (unpaired) electrons. The van der Waals surface area contributed by atoms with Gasteiger partial charge in [-0.2, -0.15) is 0 Å². The average Bonchev–Trinajstić information content (AvgIpc) is 2.42. The van der Waals surface area contributed by atoms with E-state index in [4.69, 9.17) is 21.4 Å². The molecular weight excluding hydrogens is 309 g/mol. The SMILES string of the molecule is O=C(O)c1cc(F)c(OCc2cccc(Cl)c2F)c(F)c1. The third kappa shape index (κ3) is 3.28. The lowest BCUT2D eigenvalue weighted by atomic mass is 10.2. The highest BCUT2D eigenvalue weighted by Gasteiger charge is 2.17. The topological polar surface area (TPSA) is 46.5 Å². The number of hydrogen-bond donors (Lipinski definition) is 1. The Balaban J connectivity index is 2.24. The zero-order valence-corrected chi connectivity index (χ0v) is 11.1. The Bertz CT molecular complexity index is 681. The molecule has 2 aromatic rings. The maximum absolute atomic E-state index is 13.6. The Morgan fingerprint density at radius 1 is 1.19 bits per heavy atom. The van der Waals surface area contributed by atoms with Gasteiger partial charge in [0.25, 0.3) is 0 Å². The number of aromatic carboxylic acids is 1. The lowest BCUT2D eigenvalue weighted by Gasteiger charge is -2.10. The summed E-state index contributed by atoms with van der Waals surface area (Å²) in [5.74, 6) is -5.37. The highest BCUT2D eigenvalue weighted by atomic mass is 35.5. The molecule has 7 heteroatoms. The first-order chi connectivity index (χ1) is 9.90. The molecule has 0 amide bonds. The second-order valence-corrected chi connectivity index (χ2v) is 4.48. The third-order valence-electron chi connectivity index (χ3n) is 2.65. The normalized spacial score (nSPS) is 10.5. The number of hydrogen-bond acceptors (Lipinski definition) is 2. The van der Waals surface area contributed by atoms with E-state index in [-0.39, 0.29) is 10.6 Å². The highest BCUT2D eigenvalue weighted by molar-refractivity contribution is 6.30. The maximum atomic E-state index is 13.6. The smallest absolute Gasteiger partial charge is 0.335 e. The number of carboxylic acid groups (broad SMARTS) is 1. The van der Waals surface area contributed by atoms with Gasteiger partial charge in [0.2, 0.25) is 0 Å². The second-order valence-electron chi connectivity index (χ2n) is 4.08. The van der Waals surface area contributed by atoms with Crippen LogP contribution in [0.3, 0.4) is 0 Å². The van der Waals surface area contributed by atoms with Crippen LogP contribution >= 0.6 is 11.6 Å². The van der Waals surface area contributed by atoms with Crippen molar-refractivity contribution in [3.8, 4) is 5.75 Å². The van der Waals surface area contributed by atoms with E-state index < -0.39 is 41.3 Å². The Morgan fingerprint density at radius 2 is 1.81 bits per heavy atom. The van der Waals surface area contributed by atoms with Gasteiger partial charge in [-0.25, -0.2) is 18.0 Å². The molecule has 2 aromatic carbocycles. The number of carboxylic acids is 1. The molecule has 21 heavy (non-hydrogen) atoms. The summed E-state index contributed by atoms with van der Waals surface area (Å²) in [5.41, 5.74) is -0.533. The van der Waals surface area contributed by atoms with E-state index >= 15 is 0 Å². The molecule has 0 aliphatic heterocycles. The van der Waals surface area contributed by atoms with Crippen LogP contribution in [-0.2, 0) is 6.61 Å². The average molecular weight is 317 g/mol. The minimum absolute atomic E-state index is 0.0172. The molecular formula is C14H8ClF3O3. The van der Waals surface area contributed by atoms with Gasteiger partial charge in [-0.05, 0) is 18.2 Å². The van der Waals surface area contributed by atoms with Gasteiger partial charge in [0.1, 0.15) is 12.4 Å². The van der Waals surface area contributed by atoms with Crippen LogP contribution in [0.5, 0.6) is 5.75 Å². The molecule has 0 spiro atoms. The van der Waals surface area contributed by atoms with Crippen LogP contribution in [0.1, 0.15) is 15.9 Å². The van der Waals surface area contributed by atoms with Crippen molar-refractivity contribution in [1.29, 1.82) is 0 Å². The second kappa shape index (κ2) is 6.05. The Kier molecular flexibility index (Phi) is 4.37. The van der Waals surface area contributed by atoms with Crippen molar-refractivity contribution >= 4 is 17.6 Å². The van der Waals surface area contributed by atoms with Crippen molar-refractivity contribution in [3.05, 3.63) is 63.9 Å². The van der Waals surface area contributed by atoms with Gasteiger partial charge in [-0.15, -0.1) is 0 Å². The molecule has 110 valence electrons. The molecule has 0 saturated carbocycles. The van der Waals surface area contributed by atoms with Gasteiger partial charge in [0, 0.05) is 5.56 Å². The van der Waals surface area contributed by atoms with Crippen molar-refractivity contribution in [2.45, 2.75) is 6.61 Å². The predicted octanol–water partition coefficient (Wildman–Crippen LogP) is 4.03. The minimum atomic E-state index is -1.47. The first-order valence-electron chi connectivity index (χ1n) is 5.68. The van der Waals surface area contributed by atoms with Crippen molar-refractivity contribution in [3.63, 3.8) is 0 Å². The van der Waals surface area contributed by atoms with E-state index in [1.807, 2.05) is 0 Å². The van der Waals surface area contributed by atoms with Crippen LogP contribution < -0.4 is 4.74 Å². The van der Waals surface area contributed by atoms with Gasteiger partial charge < -0.3 is 9.84 Å². The largest absolute Gasteiger partial charge is 0.483 e. The molecule has 0 saturated heterocycles. The van der Waals surface area contributed by atoms with Crippen molar-refractivity contribution in [2.75, 3.05) is 0 Å². The third-order valence-corrected chi connectivity index (χ3v) is 2.94. The highest BCUT2D eigenvalue weighted by Crippen LogP contribution is 2.25. The van der Waals surface area contributed by atoms with Gasteiger partial charge in [0.05, 0.1) is 10.6 Å². The molecule has 0 bridgehead atoms. The van der Waals surface area contributed by atoms with Gasteiger partial charge in [0.15, 0.2) is 17.4 Å². The van der Waals surface area contributed by atoms with E-state index in [1.54, 1.807) is 0 Å². The van der Waals surface area contributed by atoms with Crippen LogP contribution in [0.25, 0.3) is 0 Å².